The highest BCUT2D eigenvalue weighted by atomic mass is 16.5. The summed E-state index contributed by atoms with van der Waals surface area (Å²) >= 11 is 0. The molecule has 1 atom stereocenters. The van der Waals surface area contributed by atoms with Crippen LogP contribution in [0.25, 0.3) is 0 Å². The molecule has 0 aliphatic rings. The molecule has 5 nitrogen and oxygen atoms in total. The van der Waals surface area contributed by atoms with E-state index in [0.29, 0.717) is 11.7 Å². The molecule has 2 aromatic rings. The summed E-state index contributed by atoms with van der Waals surface area (Å²) in [5.41, 5.74) is 1.08. The molecule has 1 N–H and O–H groups in total. The maximum Gasteiger partial charge on any atom is 0.223 e. The van der Waals surface area contributed by atoms with E-state index in [1.54, 1.807) is 19.3 Å². The molecule has 0 saturated heterocycles. The fourth-order valence-corrected chi connectivity index (χ4v) is 1.55. The van der Waals surface area contributed by atoms with E-state index in [1.165, 1.54) is 0 Å². The lowest BCUT2D eigenvalue weighted by Gasteiger charge is -2.13. The first-order valence-corrected chi connectivity index (χ1v) is 5.24. The van der Waals surface area contributed by atoms with Crippen LogP contribution in [0, 0.1) is 6.92 Å². The van der Waals surface area contributed by atoms with E-state index >= 15 is 0 Å². The van der Waals surface area contributed by atoms with Crippen molar-refractivity contribution < 1.29 is 4.52 Å². The third-order valence-electron chi connectivity index (χ3n) is 2.25. The average Bonchev–Trinajstić information content (AvgIpc) is 2.74. The van der Waals surface area contributed by atoms with Crippen LogP contribution >= 0.6 is 0 Å². The zero-order chi connectivity index (χ0) is 11.4. The summed E-state index contributed by atoms with van der Waals surface area (Å²) < 4.78 is 5.00. The van der Waals surface area contributed by atoms with Gasteiger partial charge in [-0.05, 0) is 24.2 Å². The van der Waals surface area contributed by atoms with Gasteiger partial charge in [0.05, 0.1) is 6.04 Å². The van der Waals surface area contributed by atoms with Crippen molar-refractivity contribution in [1.29, 1.82) is 0 Å². The minimum Gasteiger partial charge on any atom is -0.340 e. The van der Waals surface area contributed by atoms with Crippen molar-refractivity contribution in [2.24, 2.45) is 0 Å². The minimum absolute atomic E-state index is 0.0366. The summed E-state index contributed by atoms with van der Waals surface area (Å²) in [7, 11) is 0. The van der Waals surface area contributed by atoms with Crippen LogP contribution in [0.3, 0.4) is 0 Å². The first-order valence-electron chi connectivity index (χ1n) is 5.24. The largest absolute Gasteiger partial charge is 0.340 e. The Labute approximate surface area is 93.9 Å². The molecule has 0 bridgehead atoms. The Morgan fingerprint density at radius 3 is 2.69 bits per heavy atom. The van der Waals surface area contributed by atoms with Crippen LogP contribution in [0.1, 0.15) is 30.2 Å². The third-order valence-corrected chi connectivity index (χ3v) is 2.25. The van der Waals surface area contributed by atoms with Gasteiger partial charge in [0.25, 0.3) is 0 Å². The summed E-state index contributed by atoms with van der Waals surface area (Å²) in [6.07, 6.45) is 3.51. The Morgan fingerprint density at radius 1 is 1.38 bits per heavy atom. The lowest BCUT2D eigenvalue weighted by molar-refractivity contribution is 0.382. The van der Waals surface area contributed by atoms with Gasteiger partial charge in [0.2, 0.25) is 5.89 Å². The minimum atomic E-state index is -0.0366. The molecule has 0 aromatic carbocycles. The van der Waals surface area contributed by atoms with Crippen LogP contribution in [0.5, 0.6) is 0 Å². The quantitative estimate of drug-likeness (QED) is 0.842. The molecular weight excluding hydrogens is 204 g/mol. The van der Waals surface area contributed by atoms with Crippen molar-refractivity contribution in [3.8, 4) is 0 Å². The summed E-state index contributed by atoms with van der Waals surface area (Å²) in [5, 5.41) is 7.26. The highest BCUT2D eigenvalue weighted by Gasteiger charge is 2.18. The van der Waals surface area contributed by atoms with Crippen LogP contribution in [-0.4, -0.2) is 21.7 Å². The zero-order valence-electron chi connectivity index (χ0n) is 9.34. The van der Waals surface area contributed by atoms with Crippen LogP contribution in [-0.2, 0) is 0 Å². The van der Waals surface area contributed by atoms with Gasteiger partial charge in [0.1, 0.15) is 0 Å². The Bertz CT molecular complexity index is 440. The fourth-order valence-electron chi connectivity index (χ4n) is 1.55. The highest BCUT2D eigenvalue weighted by molar-refractivity contribution is 5.21. The van der Waals surface area contributed by atoms with E-state index < -0.39 is 0 Å². The van der Waals surface area contributed by atoms with Gasteiger partial charge in [-0.15, -0.1) is 0 Å². The Hall–Kier alpha value is -1.75. The number of hydrogen-bond acceptors (Lipinski definition) is 5. The van der Waals surface area contributed by atoms with Gasteiger partial charge in [-0.2, -0.15) is 4.98 Å². The van der Waals surface area contributed by atoms with Crippen molar-refractivity contribution in [3.05, 3.63) is 41.8 Å². The Balaban J connectivity index is 2.31. The van der Waals surface area contributed by atoms with E-state index in [1.807, 2.05) is 19.1 Å². The van der Waals surface area contributed by atoms with Gasteiger partial charge < -0.3 is 9.84 Å². The molecular formula is C11H14N4O. The van der Waals surface area contributed by atoms with Crippen molar-refractivity contribution in [2.45, 2.75) is 19.9 Å². The fraction of sp³-hybridized carbons (Fsp3) is 0.364. The Kier molecular flexibility index (Phi) is 3.26. The van der Waals surface area contributed by atoms with Gasteiger partial charge in [-0.1, -0.05) is 12.1 Å². The summed E-state index contributed by atoms with van der Waals surface area (Å²) in [6.45, 7) is 4.66. The van der Waals surface area contributed by atoms with E-state index in [4.69, 9.17) is 4.52 Å². The third kappa shape index (κ3) is 2.25. The van der Waals surface area contributed by atoms with Crippen molar-refractivity contribution in [2.75, 3.05) is 6.54 Å². The van der Waals surface area contributed by atoms with Gasteiger partial charge in [0.15, 0.2) is 5.82 Å². The normalized spacial score (nSPS) is 12.6. The van der Waals surface area contributed by atoms with E-state index in [2.05, 4.69) is 20.4 Å². The number of rotatable bonds is 4. The molecule has 5 heteroatoms. The van der Waals surface area contributed by atoms with Crippen molar-refractivity contribution in [1.82, 2.24) is 20.4 Å². The summed E-state index contributed by atoms with van der Waals surface area (Å²) in [6, 6.07) is 3.85. The van der Waals surface area contributed by atoms with Crippen molar-refractivity contribution >= 4 is 0 Å². The molecule has 0 aliphatic heterocycles. The van der Waals surface area contributed by atoms with Gasteiger partial charge in [-0.3, -0.25) is 4.98 Å². The predicted molar refractivity (Wildman–Crippen MR) is 58.8 cm³/mol. The predicted octanol–water partition coefficient (Wildman–Crippen LogP) is 1.47. The number of pyridine rings is 1. The number of nitrogens with zero attached hydrogens (tertiary/aromatic N) is 3. The molecule has 0 aliphatic carbocycles. The Morgan fingerprint density at radius 2 is 2.12 bits per heavy atom. The second-order valence-electron chi connectivity index (χ2n) is 3.44. The number of nitrogens with one attached hydrogen (secondary N) is 1. The molecule has 2 rings (SSSR count). The molecule has 0 amide bonds. The highest BCUT2D eigenvalue weighted by Crippen LogP contribution is 2.18. The number of aryl methyl sites for hydroxylation is 1. The average molecular weight is 218 g/mol. The monoisotopic (exact) mass is 218 g/mol. The molecule has 1 unspecified atom stereocenters. The van der Waals surface area contributed by atoms with E-state index in [-0.39, 0.29) is 6.04 Å². The lowest BCUT2D eigenvalue weighted by atomic mass is 10.1. The molecule has 0 spiro atoms. The molecule has 2 aromatic heterocycles. The van der Waals surface area contributed by atoms with Crippen LogP contribution in [0.2, 0.25) is 0 Å². The van der Waals surface area contributed by atoms with Gasteiger partial charge >= 0.3 is 0 Å². The lowest BCUT2D eigenvalue weighted by Crippen LogP contribution is -2.23. The second kappa shape index (κ2) is 4.85. The molecule has 0 radical (unpaired) electrons. The first kappa shape index (κ1) is 10.8. The van der Waals surface area contributed by atoms with Crippen LogP contribution < -0.4 is 5.32 Å². The molecule has 0 saturated carbocycles. The zero-order valence-corrected chi connectivity index (χ0v) is 9.34. The smallest absolute Gasteiger partial charge is 0.223 e. The van der Waals surface area contributed by atoms with Gasteiger partial charge in [-0.25, -0.2) is 0 Å². The SMILES string of the molecule is CCNC(c1ccncc1)c1noc(C)n1. The van der Waals surface area contributed by atoms with Crippen LogP contribution in [0.4, 0.5) is 0 Å². The van der Waals surface area contributed by atoms with Gasteiger partial charge in [0, 0.05) is 19.3 Å². The molecule has 2 heterocycles. The second-order valence-corrected chi connectivity index (χ2v) is 3.44. The molecule has 0 fully saturated rings. The van der Waals surface area contributed by atoms with Crippen molar-refractivity contribution in [3.63, 3.8) is 0 Å². The standard InChI is InChI=1S/C11H14N4O/c1-3-13-10(9-4-6-12-7-5-9)11-14-8(2)16-15-11/h4-7,10,13H,3H2,1-2H3. The van der Waals surface area contributed by atoms with Crippen LogP contribution in [0.15, 0.2) is 29.0 Å². The number of aromatic nitrogens is 3. The van der Waals surface area contributed by atoms with E-state index in [9.17, 15) is 0 Å². The molecule has 16 heavy (non-hydrogen) atoms. The molecule has 84 valence electrons. The van der Waals surface area contributed by atoms with E-state index in [0.717, 1.165) is 12.1 Å². The maximum atomic E-state index is 5.00. The maximum absolute atomic E-state index is 5.00. The summed E-state index contributed by atoms with van der Waals surface area (Å²) in [4.78, 5) is 8.24. The summed E-state index contributed by atoms with van der Waals surface area (Å²) in [5.74, 6) is 1.23. The topological polar surface area (TPSA) is 63.8 Å². The number of hydrogen-bond donors (Lipinski definition) is 1. The first-order chi connectivity index (χ1) is 7.81.